The number of ether oxygens (including phenoxy) is 2. The lowest BCUT2D eigenvalue weighted by Crippen LogP contribution is -2.25. The van der Waals surface area contributed by atoms with Crippen molar-refractivity contribution in [3.63, 3.8) is 0 Å². The first-order valence-electron chi connectivity index (χ1n) is 12.0. The van der Waals surface area contributed by atoms with Gasteiger partial charge in [-0.1, -0.05) is 93.1 Å². The van der Waals surface area contributed by atoms with Crippen LogP contribution in [0.15, 0.2) is 46.2 Å². The van der Waals surface area contributed by atoms with E-state index in [4.69, 9.17) is 9.47 Å². The lowest BCUT2D eigenvalue weighted by molar-refractivity contribution is 0.283. The second-order valence-electron chi connectivity index (χ2n) is 13.1. The molecule has 0 radical (unpaired) electrons. The van der Waals surface area contributed by atoms with E-state index in [0.717, 1.165) is 34.1 Å². The molecule has 0 amide bonds. The SMILES string of the molecule is COc1ccc(C(C)(C)CC(C)(C)C)cc1Sc1cc(C(C)(C)CC(C)(C)C)ccc1OC. The fourth-order valence-corrected chi connectivity index (χ4v) is 6.44. The smallest absolute Gasteiger partial charge is 0.132 e. The Kier molecular flexibility index (Phi) is 8.32. The Labute approximate surface area is 207 Å². The molecule has 0 aromatic heterocycles. The molecule has 0 spiro atoms. The van der Waals surface area contributed by atoms with Crippen molar-refractivity contribution in [3.05, 3.63) is 47.5 Å². The predicted octanol–water partition coefficient (Wildman–Crippen LogP) is 9.28. The van der Waals surface area contributed by atoms with Crippen LogP contribution in [0.25, 0.3) is 0 Å². The molecular weight excluding hydrogens is 424 g/mol. The summed E-state index contributed by atoms with van der Waals surface area (Å²) >= 11 is 1.74. The van der Waals surface area contributed by atoms with Gasteiger partial charge < -0.3 is 9.47 Å². The zero-order chi connectivity index (χ0) is 25.2. The van der Waals surface area contributed by atoms with E-state index < -0.39 is 0 Å². The van der Waals surface area contributed by atoms with Crippen molar-refractivity contribution >= 4 is 11.8 Å². The van der Waals surface area contributed by atoms with E-state index in [2.05, 4.69) is 106 Å². The lowest BCUT2D eigenvalue weighted by Gasteiger charge is -2.34. The van der Waals surface area contributed by atoms with E-state index >= 15 is 0 Å². The second kappa shape index (κ2) is 9.94. The first kappa shape index (κ1) is 27.6. The van der Waals surface area contributed by atoms with Gasteiger partial charge >= 0.3 is 0 Å². The van der Waals surface area contributed by atoms with Gasteiger partial charge in [0.05, 0.1) is 24.0 Å². The van der Waals surface area contributed by atoms with Crippen LogP contribution in [0, 0.1) is 10.8 Å². The summed E-state index contributed by atoms with van der Waals surface area (Å²) in [6.45, 7) is 23.2. The summed E-state index contributed by atoms with van der Waals surface area (Å²) in [5.41, 5.74) is 3.33. The molecule has 2 aromatic rings. The van der Waals surface area contributed by atoms with Crippen molar-refractivity contribution in [2.24, 2.45) is 10.8 Å². The van der Waals surface area contributed by atoms with Crippen molar-refractivity contribution in [2.45, 2.75) is 103 Å². The third-order valence-corrected chi connectivity index (χ3v) is 7.13. The summed E-state index contributed by atoms with van der Waals surface area (Å²) in [6.07, 6.45) is 2.21. The van der Waals surface area contributed by atoms with Crippen LogP contribution in [0.5, 0.6) is 11.5 Å². The summed E-state index contributed by atoms with van der Waals surface area (Å²) in [7, 11) is 3.50. The molecule has 0 fully saturated rings. The highest BCUT2D eigenvalue weighted by Crippen LogP contribution is 2.45. The van der Waals surface area contributed by atoms with Crippen LogP contribution in [0.1, 0.15) is 93.2 Å². The summed E-state index contributed by atoms with van der Waals surface area (Å²) in [6, 6.07) is 13.3. The average Bonchev–Trinajstić information content (AvgIpc) is 2.64. The van der Waals surface area contributed by atoms with Crippen molar-refractivity contribution in [1.82, 2.24) is 0 Å². The van der Waals surface area contributed by atoms with Gasteiger partial charge in [-0.05, 0) is 69.9 Å². The summed E-state index contributed by atoms with van der Waals surface area (Å²) in [5, 5.41) is 0. The summed E-state index contributed by atoms with van der Waals surface area (Å²) < 4.78 is 11.5. The minimum atomic E-state index is 0.0699. The van der Waals surface area contributed by atoms with Crippen LogP contribution in [0.4, 0.5) is 0 Å². The third kappa shape index (κ3) is 7.70. The molecule has 184 valence electrons. The normalized spacial score (nSPS) is 13.2. The maximum absolute atomic E-state index is 5.76. The van der Waals surface area contributed by atoms with Crippen molar-refractivity contribution in [3.8, 4) is 11.5 Å². The van der Waals surface area contributed by atoms with Gasteiger partial charge in [0.15, 0.2) is 0 Å². The molecule has 0 aliphatic carbocycles. The van der Waals surface area contributed by atoms with Crippen LogP contribution in [-0.2, 0) is 10.8 Å². The molecule has 0 unspecified atom stereocenters. The van der Waals surface area contributed by atoms with E-state index in [1.54, 1.807) is 26.0 Å². The zero-order valence-electron chi connectivity index (χ0n) is 23.1. The largest absolute Gasteiger partial charge is 0.496 e. The fraction of sp³-hybridized carbons (Fsp3) is 0.600. The topological polar surface area (TPSA) is 18.5 Å². The van der Waals surface area contributed by atoms with Gasteiger partial charge in [0.1, 0.15) is 11.5 Å². The van der Waals surface area contributed by atoms with Crippen LogP contribution in [-0.4, -0.2) is 14.2 Å². The molecule has 3 heteroatoms. The van der Waals surface area contributed by atoms with Gasteiger partial charge in [0.2, 0.25) is 0 Å². The van der Waals surface area contributed by atoms with Crippen LogP contribution >= 0.6 is 11.8 Å². The monoisotopic (exact) mass is 470 g/mol. The first-order valence-corrected chi connectivity index (χ1v) is 12.8. The van der Waals surface area contributed by atoms with Crippen molar-refractivity contribution in [2.75, 3.05) is 14.2 Å². The zero-order valence-corrected chi connectivity index (χ0v) is 23.9. The molecule has 0 N–H and O–H groups in total. The highest BCUT2D eigenvalue weighted by molar-refractivity contribution is 7.99. The molecule has 2 nitrogen and oxygen atoms in total. The molecule has 0 atom stereocenters. The van der Waals surface area contributed by atoms with Gasteiger partial charge in [-0.15, -0.1) is 0 Å². The Bertz CT molecular complexity index is 865. The Balaban J connectivity index is 2.51. The number of hydrogen-bond acceptors (Lipinski definition) is 3. The van der Waals surface area contributed by atoms with Crippen molar-refractivity contribution < 1.29 is 9.47 Å². The molecule has 33 heavy (non-hydrogen) atoms. The molecule has 0 heterocycles. The number of benzene rings is 2. The Hall–Kier alpha value is -1.61. The minimum Gasteiger partial charge on any atom is -0.496 e. The molecule has 0 bridgehead atoms. The lowest BCUT2D eigenvalue weighted by atomic mass is 9.72. The summed E-state index contributed by atoms with van der Waals surface area (Å²) in [5.74, 6) is 1.80. The van der Waals surface area contributed by atoms with Gasteiger partial charge in [-0.25, -0.2) is 0 Å². The van der Waals surface area contributed by atoms with Crippen LogP contribution < -0.4 is 9.47 Å². The second-order valence-corrected chi connectivity index (χ2v) is 14.2. The first-order chi connectivity index (χ1) is 15.0. The molecule has 0 aliphatic rings. The Morgan fingerprint density at radius 3 is 1.18 bits per heavy atom. The quantitative estimate of drug-likeness (QED) is 0.383. The molecule has 0 saturated carbocycles. The van der Waals surface area contributed by atoms with E-state index in [1.165, 1.54) is 11.1 Å². The van der Waals surface area contributed by atoms with E-state index in [-0.39, 0.29) is 21.7 Å². The van der Waals surface area contributed by atoms with Gasteiger partial charge in [0, 0.05) is 0 Å². The number of hydrogen-bond donors (Lipinski definition) is 0. The molecule has 0 saturated heterocycles. The third-order valence-electron chi connectivity index (χ3n) is 6.05. The van der Waals surface area contributed by atoms with E-state index in [1.807, 2.05) is 0 Å². The maximum Gasteiger partial charge on any atom is 0.132 e. The minimum absolute atomic E-state index is 0.0699. The van der Waals surface area contributed by atoms with Gasteiger partial charge in [-0.3, -0.25) is 0 Å². The predicted molar refractivity (Wildman–Crippen MR) is 144 cm³/mol. The average molecular weight is 471 g/mol. The van der Waals surface area contributed by atoms with Gasteiger partial charge in [0.25, 0.3) is 0 Å². The maximum atomic E-state index is 5.76. The van der Waals surface area contributed by atoms with Crippen LogP contribution in [0.2, 0.25) is 0 Å². The Morgan fingerprint density at radius 2 is 0.909 bits per heavy atom. The molecule has 0 aliphatic heterocycles. The molecule has 2 rings (SSSR count). The Morgan fingerprint density at radius 1 is 0.576 bits per heavy atom. The van der Waals surface area contributed by atoms with Crippen molar-refractivity contribution in [1.29, 1.82) is 0 Å². The van der Waals surface area contributed by atoms with E-state index in [0.29, 0.717) is 0 Å². The highest BCUT2D eigenvalue weighted by atomic mass is 32.2. The molecular formula is C30H46O2S. The number of rotatable bonds is 8. The van der Waals surface area contributed by atoms with Gasteiger partial charge in [-0.2, -0.15) is 0 Å². The highest BCUT2D eigenvalue weighted by Gasteiger charge is 2.30. The van der Waals surface area contributed by atoms with Crippen LogP contribution in [0.3, 0.4) is 0 Å². The fourth-order valence-electron chi connectivity index (χ4n) is 5.33. The molecule has 2 aromatic carbocycles. The standard InChI is InChI=1S/C30H46O2S/c1-27(2,3)19-29(7,8)21-13-15-23(31-11)25(17-21)33-26-18-22(14-16-24(26)32-12)30(9,10)20-28(4,5)6/h13-18H,19-20H2,1-12H3. The number of methoxy groups -OCH3 is 2. The van der Waals surface area contributed by atoms with E-state index in [9.17, 15) is 0 Å². The summed E-state index contributed by atoms with van der Waals surface area (Å²) in [4.78, 5) is 2.25.